The fourth-order valence-electron chi connectivity index (χ4n) is 3.87. The number of Topliss-reactive ketones (excluding diaryl/α,β-unsaturated/α-hetero) is 1. The number of nitrogens with one attached hydrogen (secondary N) is 1. The minimum absolute atomic E-state index is 0.0477. The number of aliphatic hydroxyl groups excluding tert-OH is 1. The van der Waals surface area contributed by atoms with Gasteiger partial charge in [-0.1, -0.05) is 72.2 Å². The van der Waals surface area contributed by atoms with E-state index in [2.05, 4.69) is 5.32 Å². The van der Waals surface area contributed by atoms with Crippen LogP contribution < -0.4 is 5.32 Å². The van der Waals surface area contributed by atoms with Crippen LogP contribution in [-0.4, -0.2) is 52.3 Å². The molecule has 178 valence electrons. The highest BCUT2D eigenvalue weighted by molar-refractivity contribution is 6.30. The van der Waals surface area contributed by atoms with Crippen molar-refractivity contribution in [2.45, 2.75) is 85.4 Å². The molecule has 1 aromatic rings. The van der Waals surface area contributed by atoms with E-state index in [1.165, 1.54) is 4.90 Å². The summed E-state index contributed by atoms with van der Waals surface area (Å²) in [6, 6.07) is 5.86. The number of β-amino-alcohol motifs (C(OH)–C–C–N with tert-alkyl or cyclic N) is 1. The number of benzene rings is 1. The van der Waals surface area contributed by atoms with Crippen LogP contribution in [0.15, 0.2) is 24.3 Å². The Morgan fingerprint density at radius 3 is 2.19 bits per heavy atom. The molecule has 2 N–H and O–H groups in total. The van der Waals surface area contributed by atoms with Gasteiger partial charge >= 0.3 is 0 Å². The van der Waals surface area contributed by atoms with Gasteiger partial charge in [-0.15, -0.1) is 0 Å². The maximum absolute atomic E-state index is 13.5. The lowest BCUT2D eigenvalue weighted by Crippen LogP contribution is -2.58. The second kappa shape index (κ2) is 9.92. The zero-order chi connectivity index (χ0) is 24.4. The summed E-state index contributed by atoms with van der Waals surface area (Å²) < 4.78 is 0. The summed E-state index contributed by atoms with van der Waals surface area (Å²) in [7, 11) is 0. The molecular weight excluding hydrogens is 428 g/mol. The van der Waals surface area contributed by atoms with Crippen molar-refractivity contribution >= 4 is 29.2 Å². The molecule has 0 bridgehead atoms. The maximum Gasteiger partial charge on any atom is 0.246 e. The molecule has 1 aromatic carbocycles. The van der Waals surface area contributed by atoms with Gasteiger partial charge in [-0.3, -0.25) is 14.4 Å². The third-order valence-electron chi connectivity index (χ3n) is 5.95. The average molecular weight is 465 g/mol. The quantitative estimate of drug-likeness (QED) is 0.667. The molecular formula is C25H37ClN2O4. The number of aliphatic hydroxyl groups is 1. The Bertz CT molecular complexity index is 839. The summed E-state index contributed by atoms with van der Waals surface area (Å²) in [6.45, 7) is 13.0. The average Bonchev–Trinajstić information content (AvgIpc) is 3.06. The van der Waals surface area contributed by atoms with E-state index in [9.17, 15) is 19.5 Å². The van der Waals surface area contributed by atoms with Crippen molar-refractivity contribution in [1.82, 2.24) is 10.2 Å². The molecule has 1 saturated heterocycles. The lowest BCUT2D eigenvalue weighted by molar-refractivity contribution is -0.144. The van der Waals surface area contributed by atoms with Crippen molar-refractivity contribution in [2.24, 2.45) is 10.8 Å². The van der Waals surface area contributed by atoms with Crippen LogP contribution in [0.2, 0.25) is 5.02 Å². The lowest BCUT2D eigenvalue weighted by atomic mass is 9.84. The number of amides is 2. The molecule has 1 aliphatic heterocycles. The van der Waals surface area contributed by atoms with E-state index in [1.54, 1.807) is 32.9 Å². The van der Waals surface area contributed by atoms with Crippen LogP contribution in [0.4, 0.5) is 0 Å². The zero-order valence-corrected chi connectivity index (χ0v) is 21.0. The second-order valence-corrected chi connectivity index (χ2v) is 11.5. The molecule has 0 spiro atoms. The predicted molar refractivity (Wildman–Crippen MR) is 126 cm³/mol. The third-order valence-corrected chi connectivity index (χ3v) is 6.20. The number of nitrogens with zero attached hydrogens (tertiary/aromatic N) is 1. The van der Waals surface area contributed by atoms with Gasteiger partial charge in [0.25, 0.3) is 0 Å². The number of carbonyl (C=O) groups is 3. The van der Waals surface area contributed by atoms with Crippen molar-refractivity contribution in [1.29, 1.82) is 0 Å². The highest BCUT2D eigenvalue weighted by Crippen LogP contribution is 2.30. The van der Waals surface area contributed by atoms with Crippen molar-refractivity contribution in [3.05, 3.63) is 34.9 Å². The van der Waals surface area contributed by atoms with Gasteiger partial charge in [0, 0.05) is 29.8 Å². The van der Waals surface area contributed by atoms with Gasteiger partial charge in [0.15, 0.2) is 5.78 Å². The molecule has 7 heteroatoms. The summed E-state index contributed by atoms with van der Waals surface area (Å²) in [5, 5.41) is 13.8. The van der Waals surface area contributed by atoms with E-state index < -0.39 is 29.0 Å². The normalized spacial score (nSPS) is 21.2. The van der Waals surface area contributed by atoms with Crippen molar-refractivity contribution < 1.29 is 19.5 Å². The third kappa shape index (κ3) is 6.55. The van der Waals surface area contributed by atoms with Crippen LogP contribution in [0, 0.1) is 10.8 Å². The molecule has 4 atom stereocenters. The smallest absolute Gasteiger partial charge is 0.246 e. The Morgan fingerprint density at radius 2 is 1.69 bits per heavy atom. The van der Waals surface area contributed by atoms with Crippen LogP contribution >= 0.6 is 11.6 Å². The Labute approximate surface area is 196 Å². The van der Waals surface area contributed by atoms with Crippen LogP contribution in [0.5, 0.6) is 0 Å². The summed E-state index contributed by atoms with van der Waals surface area (Å²) in [6.07, 6.45) is -0.308. The van der Waals surface area contributed by atoms with Gasteiger partial charge < -0.3 is 15.3 Å². The number of likely N-dealkylation sites (tertiary alicyclic amines) is 1. The number of rotatable bonds is 6. The van der Waals surface area contributed by atoms with Crippen LogP contribution in [-0.2, 0) is 14.4 Å². The SMILES string of the molecule is CC(CC(=O)C1CC(O)CN1C(=O)C(NC(=O)C(C)(C)C)C(C)(C)C)c1ccc(Cl)cc1. The summed E-state index contributed by atoms with van der Waals surface area (Å²) in [5.74, 6) is -0.700. The summed E-state index contributed by atoms with van der Waals surface area (Å²) in [4.78, 5) is 40.8. The Morgan fingerprint density at radius 1 is 1.12 bits per heavy atom. The van der Waals surface area contributed by atoms with Crippen molar-refractivity contribution in [3.63, 3.8) is 0 Å². The van der Waals surface area contributed by atoms with Crippen LogP contribution in [0.1, 0.15) is 72.8 Å². The number of ketones is 1. The first-order valence-electron chi connectivity index (χ1n) is 11.2. The van der Waals surface area contributed by atoms with Gasteiger partial charge in [0.1, 0.15) is 6.04 Å². The molecule has 6 nitrogen and oxygen atoms in total. The summed E-state index contributed by atoms with van der Waals surface area (Å²) >= 11 is 5.96. The maximum atomic E-state index is 13.5. The molecule has 0 aromatic heterocycles. The fraction of sp³-hybridized carbons (Fsp3) is 0.640. The van der Waals surface area contributed by atoms with Crippen LogP contribution in [0.25, 0.3) is 0 Å². The highest BCUT2D eigenvalue weighted by atomic mass is 35.5. The molecule has 1 heterocycles. The number of carbonyl (C=O) groups excluding carboxylic acids is 3. The van der Waals surface area contributed by atoms with Gasteiger partial charge in [0.05, 0.1) is 12.1 Å². The number of halogens is 1. The molecule has 1 fully saturated rings. The first-order valence-corrected chi connectivity index (χ1v) is 11.6. The second-order valence-electron chi connectivity index (χ2n) is 11.0. The van der Waals surface area contributed by atoms with Gasteiger partial charge in [-0.2, -0.15) is 0 Å². The number of hydrogen-bond donors (Lipinski definition) is 2. The van der Waals surface area contributed by atoms with Gasteiger partial charge in [0.2, 0.25) is 11.8 Å². The first kappa shape index (κ1) is 26.3. The molecule has 2 rings (SSSR count). The van der Waals surface area contributed by atoms with E-state index >= 15 is 0 Å². The first-order chi connectivity index (χ1) is 14.6. The standard InChI is InChI=1S/C25H37ClN2O4/c1-15(16-8-10-17(26)11-9-16)12-20(30)19-13-18(29)14-28(19)22(31)21(24(2,3)4)27-23(32)25(5,6)7/h8-11,15,18-19,21,29H,12-14H2,1-7H3,(H,27,32). The van der Waals surface area contributed by atoms with E-state index in [-0.39, 0.29) is 42.9 Å². The molecule has 32 heavy (non-hydrogen) atoms. The molecule has 0 radical (unpaired) electrons. The predicted octanol–water partition coefficient (Wildman–Crippen LogP) is 3.94. The van der Waals surface area contributed by atoms with E-state index in [1.807, 2.05) is 39.8 Å². The van der Waals surface area contributed by atoms with Crippen LogP contribution in [0.3, 0.4) is 0 Å². The molecule has 0 saturated carbocycles. The highest BCUT2D eigenvalue weighted by Gasteiger charge is 2.45. The van der Waals surface area contributed by atoms with Gasteiger partial charge in [-0.25, -0.2) is 0 Å². The van der Waals surface area contributed by atoms with Crippen molar-refractivity contribution in [3.8, 4) is 0 Å². The minimum Gasteiger partial charge on any atom is -0.391 e. The summed E-state index contributed by atoms with van der Waals surface area (Å²) in [5.41, 5.74) is -0.225. The Balaban J connectivity index is 2.21. The van der Waals surface area contributed by atoms with E-state index in [0.717, 1.165) is 5.56 Å². The largest absolute Gasteiger partial charge is 0.391 e. The van der Waals surface area contributed by atoms with E-state index in [4.69, 9.17) is 11.6 Å². The monoisotopic (exact) mass is 464 g/mol. The number of hydrogen-bond acceptors (Lipinski definition) is 4. The fourth-order valence-corrected chi connectivity index (χ4v) is 4.00. The lowest BCUT2D eigenvalue weighted by Gasteiger charge is -2.36. The molecule has 4 unspecified atom stereocenters. The molecule has 2 amide bonds. The molecule has 1 aliphatic rings. The van der Waals surface area contributed by atoms with Crippen molar-refractivity contribution in [2.75, 3.05) is 6.54 Å². The van der Waals surface area contributed by atoms with E-state index in [0.29, 0.717) is 5.02 Å². The Hall–Kier alpha value is -1.92. The Kier molecular flexibility index (Phi) is 8.16. The molecule has 0 aliphatic carbocycles. The topological polar surface area (TPSA) is 86.7 Å². The minimum atomic E-state index is -0.802. The zero-order valence-electron chi connectivity index (χ0n) is 20.2. The van der Waals surface area contributed by atoms with Gasteiger partial charge in [-0.05, 0) is 29.0 Å².